The lowest BCUT2D eigenvalue weighted by atomic mass is 10.0. The van der Waals surface area contributed by atoms with Crippen molar-refractivity contribution in [3.8, 4) is 0 Å². The molecule has 2 aromatic rings. The summed E-state index contributed by atoms with van der Waals surface area (Å²) in [6.07, 6.45) is 5.06. The molecule has 3 rings (SSSR count). The molecule has 4 N–H and O–H groups in total. The van der Waals surface area contributed by atoms with E-state index < -0.39 is 47.4 Å². The third kappa shape index (κ3) is 8.92. The molecule has 3 unspecified atom stereocenters. The Morgan fingerprint density at radius 2 is 1.95 bits per heavy atom. The number of nitrogens with zero attached hydrogens (tertiary/aromatic N) is 1. The minimum absolute atomic E-state index is 0.0244. The fourth-order valence-electron chi connectivity index (χ4n) is 4.18. The van der Waals surface area contributed by atoms with Crippen LogP contribution in [0.25, 0.3) is 0 Å². The number of nitrogens with one attached hydrogen (secondary N) is 2. The zero-order valence-electron chi connectivity index (χ0n) is 21.8. The van der Waals surface area contributed by atoms with Gasteiger partial charge >= 0.3 is 5.97 Å². The summed E-state index contributed by atoms with van der Waals surface area (Å²) in [5, 5.41) is 5.44. The number of nitrogens with two attached hydrogens (primary N) is 1. The molecule has 11 nitrogen and oxygen atoms in total. The Balaban J connectivity index is 1.89. The number of aromatic nitrogens is 1. The van der Waals surface area contributed by atoms with E-state index >= 15 is 0 Å². The summed E-state index contributed by atoms with van der Waals surface area (Å²) < 4.78 is 11.6. The maximum absolute atomic E-state index is 13.6. The molecule has 1 aromatic heterocycles. The first-order valence-electron chi connectivity index (χ1n) is 12.9. The Hall–Kier alpha value is -4.25. The number of primary amides is 1. The van der Waals surface area contributed by atoms with Gasteiger partial charge in [0.2, 0.25) is 11.8 Å². The van der Waals surface area contributed by atoms with Crippen molar-refractivity contribution in [2.24, 2.45) is 5.73 Å². The van der Waals surface area contributed by atoms with Crippen LogP contribution in [0.1, 0.15) is 44.2 Å². The molecular weight excluding hydrogens is 504 g/mol. The smallest absolute Gasteiger partial charge is 0.330 e. The number of rotatable bonds is 13. The number of anilines is 1. The highest BCUT2D eigenvalue weighted by molar-refractivity contribution is 5.94. The molecule has 0 spiro atoms. The van der Waals surface area contributed by atoms with Gasteiger partial charge in [0, 0.05) is 37.8 Å². The van der Waals surface area contributed by atoms with Crippen molar-refractivity contribution in [1.29, 1.82) is 0 Å². The van der Waals surface area contributed by atoms with Crippen LogP contribution < -0.4 is 21.9 Å². The van der Waals surface area contributed by atoms with E-state index in [0.717, 1.165) is 12.0 Å². The number of benzene rings is 1. The summed E-state index contributed by atoms with van der Waals surface area (Å²) >= 11 is 0. The Morgan fingerprint density at radius 3 is 2.62 bits per heavy atom. The summed E-state index contributed by atoms with van der Waals surface area (Å²) in [5.74, 6) is -2.10. The van der Waals surface area contributed by atoms with E-state index in [9.17, 15) is 24.0 Å². The predicted octanol–water partition coefficient (Wildman–Crippen LogP) is 1.62. The van der Waals surface area contributed by atoms with Gasteiger partial charge in [0.1, 0.15) is 17.8 Å². The van der Waals surface area contributed by atoms with E-state index in [-0.39, 0.29) is 31.6 Å². The number of hydrogen-bond donors (Lipinski definition) is 3. The van der Waals surface area contributed by atoms with Crippen LogP contribution in [0.4, 0.5) is 5.69 Å². The van der Waals surface area contributed by atoms with Gasteiger partial charge in [-0.05, 0) is 43.9 Å². The van der Waals surface area contributed by atoms with Crippen molar-refractivity contribution < 1.29 is 28.7 Å². The topological polar surface area (TPSA) is 159 Å². The zero-order chi connectivity index (χ0) is 28.2. The summed E-state index contributed by atoms with van der Waals surface area (Å²) in [5.41, 5.74) is 5.56. The fraction of sp³-hybridized carbons (Fsp3) is 0.393. The molecule has 1 aliphatic heterocycles. The van der Waals surface area contributed by atoms with E-state index in [1.165, 1.54) is 29.0 Å². The van der Waals surface area contributed by atoms with Crippen LogP contribution in [0.5, 0.6) is 0 Å². The van der Waals surface area contributed by atoms with Crippen molar-refractivity contribution in [2.45, 2.75) is 57.2 Å². The Morgan fingerprint density at radius 1 is 1.18 bits per heavy atom. The molecule has 0 aliphatic carbocycles. The van der Waals surface area contributed by atoms with Gasteiger partial charge in [-0.15, -0.1) is 0 Å². The first kappa shape index (κ1) is 29.3. The van der Waals surface area contributed by atoms with Gasteiger partial charge in [-0.25, -0.2) is 4.79 Å². The van der Waals surface area contributed by atoms with Crippen LogP contribution in [-0.4, -0.2) is 53.6 Å². The molecule has 0 saturated carbocycles. The first-order chi connectivity index (χ1) is 18.8. The lowest BCUT2D eigenvalue weighted by Gasteiger charge is -2.23. The monoisotopic (exact) mass is 538 g/mol. The van der Waals surface area contributed by atoms with Crippen LogP contribution >= 0.6 is 0 Å². The van der Waals surface area contributed by atoms with Gasteiger partial charge < -0.3 is 30.4 Å². The summed E-state index contributed by atoms with van der Waals surface area (Å²) in [4.78, 5) is 62.9. The number of hydrogen-bond acceptors (Lipinski definition) is 7. The molecule has 39 heavy (non-hydrogen) atoms. The molecule has 1 aromatic carbocycles. The fourth-order valence-corrected chi connectivity index (χ4v) is 4.18. The number of amides is 3. The number of carbonyl (C=O) groups is 4. The van der Waals surface area contributed by atoms with Crippen molar-refractivity contribution in [1.82, 2.24) is 9.88 Å². The zero-order valence-corrected chi connectivity index (χ0v) is 21.8. The standard InChI is InChI=1S/C28H34N4O7/c1-2-38-25(34)15-13-20(12-14-24(29)33)30-26(35)22(18-19-8-4-3-5-9-19)32-16-6-10-21(28(32)37)31-27(36)23-11-7-17-39-23/h3-6,8-10,13,15-16,20,22-23H,2,7,11-12,14,17-18H2,1H3,(H2,29,33)(H,30,35)(H,31,36). The lowest BCUT2D eigenvalue weighted by Crippen LogP contribution is -2.43. The van der Waals surface area contributed by atoms with E-state index in [1.807, 2.05) is 30.3 Å². The van der Waals surface area contributed by atoms with Gasteiger partial charge in [-0.1, -0.05) is 36.4 Å². The highest BCUT2D eigenvalue weighted by atomic mass is 16.5. The molecule has 3 amide bonds. The molecule has 1 fully saturated rings. The lowest BCUT2D eigenvalue weighted by molar-refractivity contribution is -0.137. The normalized spacial score (nSPS) is 16.4. The predicted molar refractivity (Wildman–Crippen MR) is 144 cm³/mol. The van der Waals surface area contributed by atoms with Gasteiger partial charge in [-0.3, -0.25) is 19.2 Å². The van der Waals surface area contributed by atoms with Crippen LogP contribution in [0.15, 0.2) is 65.6 Å². The quantitative estimate of drug-likeness (QED) is 0.258. The first-order valence-corrected chi connectivity index (χ1v) is 12.9. The Bertz CT molecular complexity index is 1240. The van der Waals surface area contributed by atoms with Crippen molar-refractivity contribution in [3.63, 3.8) is 0 Å². The maximum Gasteiger partial charge on any atom is 0.330 e. The van der Waals surface area contributed by atoms with Gasteiger partial charge in [0.15, 0.2) is 0 Å². The second-order valence-corrected chi connectivity index (χ2v) is 9.06. The Labute approximate surface area is 226 Å². The highest BCUT2D eigenvalue weighted by Crippen LogP contribution is 2.17. The minimum Gasteiger partial charge on any atom is -0.463 e. The van der Waals surface area contributed by atoms with E-state index in [0.29, 0.717) is 13.0 Å². The van der Waals surface area contributed by atoms with E-state index in [1.54, 1.807) is 13.0 Å². The maximum atomic E-state index is 13.6. The third-order valence-corrected chi connectivity index (χ3v) is 6.15. The number of ether oxygens (including phenoxy) is 2. The Kier molecular flexibility index (Phi) is 11.0. The third-order valence-electron chi connectivity index (χ3n) is 6.15. The number of carbonyl (C=O) groups excluding carboxylic acids is 4. The average Bonchev–Trinajstić information content (AvgIpc) is 3.46. The van der Waals surface area contributed by atoms with Crippen LogP contribution in [0, 0.1) is 0 Å². The molecule has 0 bridgehead atoms. The molecule has 2 heterocycles. The average molecular weight is 539 g/mol. The van der Waals surface area contributed by atoms with Crippen molar-refractivity contribution >= 4 is 29.4 Å². The molecule has 3 atom stereocenters. The SMILES string of the molecule is CCOC(=O)C=CC(CCC(N)=O)NC(=O)C(Cc1ccccc1)n1cccc(NC(=O)C2CCCO2)c1=O. The van der Waals surface area contributed by atoms with Crippen molar-refractivity contribution in [3.05, 3.63) is 76.7 Å². The number of esters is 1. The molecule has 1 saturated heterocycles. The molecular formula is C28H34N4O7. The summed E-state index contributed by atoms with van der Waals surface area (Å²) in [6, 6.07) is 10.5. The number of pyridine rings is 1. The summed E-state index contributed by atoms with van der Waals surface area (Å²) in [7, 11) is 0. The second-order valence-electron chi connectivity index (χ2n) is 9.06. The van der Waals surface area contributed by atoms with Crippen LogP contribution in [-0.2, 0) is 35.1 Å². The molecule has 1 aliphatic rings. The van der Waals surface area contributed by atoms with Gasteiger partial charge in [0.25, 0.3) is 11.5 Å². The molecule has 208 valence electrons. The van der Waals surface area contributed by atoms with Crippen molar-refractivity contribution in [2.75, 3.05) is 18.5 Å². The van der Waals surface area contributed by atoms with E-state index in [4.69, 9.17) is 15.2 Å². The van der Waals surface area contributed by atoms with Crippen LogP contribution in [0.3, 0.4) is 0 Å². The second kappa shape index (κ2) is 14.6. The largest absolute Gasteiger partial charge is 0.463 e. The van der Waals surface area contributed by atoms with Crippen LogP contribution in [0.2, 0.25) is 0 Å². The van der Waals surface area contributed by atoms with E-state index in [2.05, 4.69) is 10.6 Å². The van der Waals surface area contributed by atoms with Gasteiger partial charge in [-0.2, -0.15) is 0 Å². The summed E-state index contributed by atoms with van der Waals surface area (Å²) in [6.45, 7) is 2.34. The highest BCUT2D eigenvalue weighted by Gasteiger charge is 2.27. The molecule has 0 radical (unpaired) electrons. The van der Waals surface area contributed by atoms with Gasteiger partial charge in [0.05, 0.1) is 6.61 Å². The molecule has 11 heteroatoms. The minimum atomic E-state index is -1.01.